The van der Waals surface area contributed by atoms with Crippen LogP contribution in [0.2, 0.25) is 0 Å². The first-order valence-corrected chi connectivity index (χ1v) is 8.37. The van der Waals surface area contributed by atoms with Gasteiger partial charge in [-0.2, -0.15) is 0 Å². The average Bonchev–Trinajstić information content (AvgIpc) is 2.52. The number of hydrogen-bond acceptors (Lipinski definition) is 3. The lowest BCUT2D eigenvalue weighted by molar-refractivity contribution is -0.108. The summed E-state index contributed by atoms with van der Waals surface area (Å²) in [5.41, 5.74) is 0.758. The fraction of sp³-hybridized carbons (Fsp3) is 0.579. The number of hydrogen-bond donors (Lipinski definition) is 0. The predicted octanol–water partition coefficient (Wildman–Crippen LogP) is 4.01. The van der Waals surface area contributed by atoms with Crippen molar-refractivity contribution in [2.75, 3.05) is 13.1 Å². The van der Waals surface area contributed by atoms with Gasteiger partial charge in [0.1, 0.15) is 11.9 Å². The molecule has 1 saturated heterocycles. The van der Waals surface area contributed by atoms with Gasteiger partial charge < -0.3 is 14.4 Å². The van der Waals surface area contributed by atoms with Crippen molar-refractivity contribution in [3.05, 3.63) is 35.9 Å². The van der Waals surface area contributed by atoms with E-state index in [9.17, 15) is 9.59 Å². The molecule has 4 heteroatoms. The molecule has 0 aliphatic carbocycles. The Morgan fingerprint density at radius 2 is 1.87 bits per heavy atom. The number of benzene rings is 1. The van der Waals surface area contributed by atoms with E-state index in [1.807, 2.05) is 39.0 Å². The van der Waals surface area contributed by atoms with E-state index in [4.69, 9.17) is 4.74 Å². The molecule has 1 aromatic carbocycles. The van der Waals surface area contributed by atoms with Crippen LogP contribution in [0.25, 0.3) is 0 Å². The van der Waals surface area contributed by atoms with E-state index in [2.05, 4.69) is 12.1 Å². The van der Waals surface area contributed by atoms with Crippen LogP contribution in [0, 0.1) is 5.92 Å². The van der Waals surface area contributed by atoms with Crippen molar-refractivity contribution in [2.45, 2.75) is 51.6 Å². The highest BCUT2D eigenvalue weighted by Gasteiger charge is 2.31. The minimum Gasteiger partial charge on any atom is -0.444 e. The van der Waals surface area contributed by atoms with Crippen LogP contribution in [0.3, 0.4) is 0 Å². The molecule has 126 valence electrons. The van der Waals surface area contributed by atoms with Crippen molar-refractivity contribution in [1.29, 1.82) is 0 Å². The Labute approximate surface area is 138 Å². The van der Waals surface area contributed by atoms with Crippen molar-refractivity contribution in [1.82, 2.24) is 4.90 Å². The molecule has 0 saturated carbocycles. The summed E-state index contributed by atoms with van der Waals surface area (Å²) in [5.74, 6) is 0.677. The highest BCUT2D eigenvalue weighted by atomic mass is 16.6. The van der Waals surface area contributed by atoms with Crippen LogP contribution < -0.4 is 0 Å². The topological polar surface area (TPSA) is 46.6 Å². The molecular formula is C19H27NO3. The number of likely N-dealkylation sites (tertiary alicyclic amines) is 1. The minimum atomic E-state index is -0.460. The molecule has 0 N–H and O–H groups in total. The maximum absolute atomic E-state index is 12.1. The van der Waals surface area contributed by atoms with Gasteiger partial charge in [-0.15, -0.1) is 0 Å². The second-order valence-corrected chi connectivity index (χ2v) is 7.22. The van der Waals surface area contributed by atoms with Gasteiger partial charge in [0.25, 0.3) is 0 Å². The van der Waals surface area contributed by atoms with E-state index in [1.54, 1.807) is 4.90 Å². The molecule has 0 bridgehead atoms. The minimum absolute atomic E-state index is 0.234. The van der Waals surface area contributed by atoms with Gasteiger partial charge in [0.15, 0.2) is 0 Å². The molecule has 0 radical (unpaired) electrons. The molecule has 4 nitrogen and oxygen atoms in total. The fourth-order valence-electron chi connectivity index (χ4n) is 3.22. The standard InChI is InChI=1S/C19H27NO3/c1-19(2,3)23-18(22)20-12-9-16(10-13-20)17(11-14-21)15-7-5-4-6-8-15/h4-8,14,16-17H,9-13H2,1-3H3/t17-/m1/s1. The van der Waals surface area contributed by atoms with Crippen LogP contribution in [0.1, 0.15) is 51.5 Å². The highest BCUT2D eigenvalue weighted by Crippen LogP contribution is 2.35. The van der Waals surface area contributed by atoms with Crippen molar-refractivity contribution in [2.24, 2.45) is 5.92 Å². The second-order valence-electron chi connectivity index (χ2n) is 7.22. The number of amides is 1. The number of carbonyl (C=O) groups is 2. The Morgan fingerprint density at radius 1 is 1.26 bits per heavy atom. The van der Waals surface area contributed by atoms with Crippen molar-refractivity contribution in [3.8, 4) is 0 Å². The van der Waals surface area contributed by atoms with Crippen LogP contribution in [0.4, 0.5) is 4.79 Å². The first kappa shape index (κ1) is 17.5. The normalized spacial score (nSPS) is 17.6. The number of piperidine rings is 1. The monoisotopic (exact) mass is 317 g/mol. The Kier molecular flexibility index (Phi) is 5.80. The third-order valence-electron chi connectivity index (χ3n) is 4.34. The average molecular weight is 317 g/mol. The summed E-state index contributed by atoms with van der Waals surface area (Å²) in [5, 5.41) is 0. The zero-order chi connectivity index (χ0) is 16.9. The number of rotatable bonds is 4. The third-order valence-corrected chi connectivity index (χ3v) is 4.34. The summed E-state index contributed by atoms with van der Waals surface area (Å²) in [7, 11) is 0. The van der Waals surface area contributed by atoms with E-state index < -0.39 is 5.60 Å². The zero-order valence-corrected chi connectivity index (χ0v) is 14.3. The molecule has 1 aromatic rings. The van der Waals surface area contributed by atoms with Gasteiger partial charge in [0.2, 0.25) is 0 Å². The molecule has 2 rings (SSSR count). The molecule has 1 atom stereocenters. The molecule has 1 heterocycles. The van der Waals surface area contributed by atoms with E-state index in [0.29, 0.717) is 25.4 Å². The zero-order valence-electron chi connectivity index (χ0n) is 14.3. The largest absolute Gasteiger partial charge is 0.444 e. The summed E-state index contributed by atoms with van der Waals surface area (Å²) in [6, 6.07) is 10.2. The van der Waals surface area contributed by atoms with E-state index in [-0.39, 0.29) is 12.0 Å². The van der Waals surface area contributed by atoms with Gasteiger partial charge in [0.05, 0.1) is 0 Å². The van der Waals surface area contributed by atoms with Crippen LogP contribution in [-0.4, -0.2) is 36.0 Å². The van der Waals surface area contributed by atoms with Crippen molar-refractivity contribution in [3.63, 3.8) is 0 Å². The highest BCUT2D eigenvalue weighted by molar-refractivity contribution is 5.68. The van der Waals surface area contributed by atoms with Gasteiger partial charge in [-0.1, -0.05) is 30.3 Å². The molecular weight excluding hydrogens is 290 g/mol. The predicted molar refractivity (Wildman–Crippen MR) is 90.4 cm³/mol. The third kappa shape index (κ3) is 5.08. The molecule has 23 heavy (non-hydrogen) atoms. The van der Waals surface area contributed by atoms with Crippen LogP contribution in [0.5, 0.6) is 0 Å². The number of carbonyl (C=O) groups excluding carboxylic acids is 2. The molecule has 1 aliphatic rings. The first-order chi connectivity index (χ1) is 10.9. The molecule has 0 unspecified atom stereocenters. The van der Waals surface area contributed by atoms with Crippen LogP contribution >= 0.6 is 0 Å². The SMILES string of the molecule is CC(C)(C)OC(=O)N1CCC([C@H](CC=O)c2ccccc2)CC1. The quantitative estimate of drug-likeness (QED) is 0.788. The number of nitrogens with zero attached hydrogens (tertiary/aromatic N) is 1. The van der Waals surface area contributed by atoms with Gasteiger partial charge in [0, 0.05) is 19.5 Å². The van der Waals surface area contributed by atoms with Crippen LogP contribution in [0.15, 0.2) is 30.3 Å². The summed E-state index contributed by atoms with van der Waals surface area (Å²) in [6.45, 7) is 7.04. The number of aldehydes is 1. The Hall–Kier alpha value is -1.84. The van der Waals surface area contributed by atoms with Gasteiger partial charge >= 0.3 is 6.09 Å². The van der Waals surface area contributed by atoms with E-state index in [1.165, 1.54) is 5.56 Å². The van der Waals surface area contributed by atoms with E-state index >= 15 is 0 Å². The lowest BCUT2D eigenvalue weighted by Crippen LogP contribution is -2.42. The number of ether oxygens (including phenoxy) is 1. The summed E-state index contributed by atoms with van der Waals surface area (Å²) in [6.07, 6.45) is 3.14. The Bertz CT molecular complexity index is 513. The molecule has 1 amide bonds. The summed E-state index contributed by atoms with van der Waals surface area (Å²) in [4.78, 5) is 25.0. The van der Waals surface area contributed by atoms with Crippen molar-refractivity contribution >= 4 is 12.4 Å². The van der Waals surface area contributed by atoms with Crippen LogP contribution in [-0.2, 0) is 9.53 Å². The lowest BCUT2D eigenvalue weighted by atomic mass is 9.78. The van der Waals surface area contributed by atoms with E-state index in [0.717, 1.165) is 19.1 Å². The van der Waals surface area contributed by atoms with Crippen molar-refractivity contribution < 1.29 is 14.3 Å². The smallest absolute Gasteiger partial charge is 0.410 e. The van der Waals surface area contributed by atoms with Gasteiger partial charge in [-0.05, 0) is 51.0 Å². The molecule has 1 aliphatic heterocycles. The lowest BCUT2D eigenvalue weighted by Gasteiger charge is -2.36. The first-order valence-electron chi connectivity index (χ1n) is 8.37. The maximum Gasteiger partial charge on any atom is 0.410 e. The fourth-order valence-corrected chi connectivity index (χ4v) is 3.22. The summed E-state index contributed by atoms with van der Waals surface area (Å²) >= 11 is 0. The Morgan fingerprint density at radius 3 is 2.39 bits per heavy atom. The molecule has 0 spiro atoms. The van der Waals surface area contributed by atoms with Gasteiger partial charge in [-0.25, -0.2) is 4.79 Å². The Balaban J connectivity index is 1.96. The second kappa shape index (κ2) is 7.62. The van der Waals surface area contributed by atoms with Gasteiger partial charge in [-0.3, -0.25) is 0 Å². The molecule has 0 aromatic heterocycles. The summed E-state index contributed by atoms with van der Waals surface area (Å²) < 4.78 is 5.44. The molecule has 1 fully saturated rings. The maximum atomic E-state index is 12.1.